The maximum Gasteiger partial charge on any atom is 0.125 e. The van der Waals surface area contributed by atoms with E-state index in [0.717, 1.165) is 22.0 Å². The van der Waals surface area contributed by atoms with E-state index in [-0.39, 0.29) is 11.7 Å². The van der Waals surface area contributed by atoms with Gasteiger partial charge in [0, 0.05) is 29.8 Å². The highest BCUT2D eigenvalue weighted by Crippen LogP contribution is 2.43. The number of rotatable bonds is 1. The van der Waals surface area contributed by atoms with Crippen molar-refractivity contribution < 1.29 is 5.11 Å². The molecule has 0 aliphatic carbocycles. The zero-order valence-electron chi connectivity index (χ0n) is 9.23. The highest BCUT2D eigenvalue weighted by molar-refractivity contribution is 6.18. The summed E-state index contributed by atoms with van der Waals surface area (Å²) in [4.78, 5) is 0. The Labute approximate surface area is 104 Å². The third-order valence-electron chi connectivity index (χ3n) is 3.36. The number of benzene rings is 2. The second kappa shape index (κ2) is 3.79. The Morgan fingerprint density at radius 3 is 2.76 bits per heavy atom. The van der Waals surface area contributed by atoms with E-state index in [2.05, 4.69) is 0 Å². The first kappa shape index (κ1) is 10.7. The van der Waals surface area contributed by atoms with Gasteiger partial charge in [0.1, 0.15) is 5.75 Å². The van der Waals surface area contributed by atoms with Crippen LogP contribution in [0.1, 0.15) is 11.5 Å². The highest BCUT2D eigenvalue weighted by atomic mass is 35.5. The lowest BCUT2D eigenvalue weighted by molar-refractivity contribution is 0.481. The van der Waals surface area contributed by atoms with Crippen LogP contribution in [-0.4, -0.2) is 17.5 Å². The molecule has 0 radical (unpaired) electrons. The molecule has 2 aromatic carbocycles. The maximum absolute atomic E-state index is 10.00. The van der Waals surface area contributed by atoms with Crippen LogP contribution in [0.5, 0.6) is 5.75 Å². The van der Waals surface area contributed by atoms with Crippen molar-refractivity contribution in [2.24, 2.45) is 5.84 Å². The standard InChI is InChI=1S/C13H13ClN2O/c14-6-8-7-16(15)11-5-12(17)9-3-1-2-4-10(9)13(8)11/h1-5,8,17H,6-7,15H2. The van der Waals surface area contributed by atoms with Crippen LogP contribution in [0.25, 0.3) is 10.8 Å². The minimum absolute atomic E-state index is 0.224. The molecule has 0 aromatic heterocycles. The number of alkyl halides is 1. The van der Waals surface area contributed by atoms with Crippen LogP contribution in [0.2, 0.25) is 0 Å². The van der Waals surface area contributed by atoms with E-state index in [0.29, 0.717) is 12.4 Å². The minimum atomic E-state index is 0.224. The molecule has 1 atom stereocenters. The molecule has 17 heavy (non-hydrogen) atoms. The Balaban J connectivity index is 2.38. The van der Waals surface area contributed by atoms with Crippen molar-refractivity contribution in [3.8, 4) is 5.75 Å². The van der Waals surface area contributed by atoms with Crippen LogP contribution in [0.4, 0.5) is 5.69 Å². The number of hydrogen-bond acceptors (Lipinski definition) is 3. The number of anilines is 1. The van der Waals surface area contributed by atoms with Crippen LogP contribution in [-0.2, 0) is 0 Å². The van der Waals surface area contributed by atoms with Crippen molar-refractivity contribution >= 4 is 28.1 Å². The molecule has 0 saturated heterocycles. The molecule has 0 bridgehead atoms. The van der Waals surface area contributed by atoms with E-state index in [1.54, 1.807) is 11.1 Å². The van der Waals surface area contributed by atoms with E-state index >= 15 is 0 Å². The van der Waals surface area contributed by atoms with E-state index in [9.17, 15) is 5.11 Å². The Bertz CT molecular complexity index is 585. The third-order valence-corrected chi connectivity index (χ3v) is 3.74. The maximum atomic E-state index is 10.00. The highest BCUT2D eigenvalue weighted by Gasteiger charge is 2.29. The van der Waals surface area contributed by atoms with Gasteiger partial charge in [-0.05, 0) is 10.9 Å². The van der Waals surface area contributed by atoms with Crippen molar-refractivity contribution in [2.45, 2.75) is 5.92 Å². The summed E-state index contributed by atoms with van der Waals surface area (Å²) in [6.45, 7) is 0.701. The lowest BCUT2D eigenvalue weighted by Gasteiger charge is -2.13. The van der Waals surface area contributed by atoms with Crippen LogP contribution in [0.15, 0.2) is 30.3 Å². The number of nitrogens with zero attached hydrogens (tertiary/aromatic N) is 1. The first-order chi connectivity index (χ1) is 8.22. The van der Waals surface area contributed by atoms with E-state index in [1.807, 2.05) is 24.3 Å². The van der Waals surface area contributed by atoms with Crippen LogP contribution in [0, 0.1) is 0 Å². The molecule has 3 rings (SSSR count). The lowest BCUT2D eigenvalue weighted by atomic mass is 9.95. The smallest absolute Gasteiger partial charge is 0.125 e. The summed E-state index contributed by atoms with van der Waals surface area (Å²) < 4.78 is 0. The third kappa shape index (κ3) is 1.47. The zero-order chi connectivity index (χ0) is 12.0. The fourth-order valence-electron chi connectivity index (χ4n) is 2.58. The lowest BCUT2D eigenvalue weighted by Crippen LogP contribution is -2.29. The summed E-state index contributed by atoms with van der Waals surface area (Å²) in [5.41, 5.74) is 2.03. The van der Waals surface area contributed by atoms with Crippen molar-refractivity contribution in [3.05, 3.63) is 35.9 Å². The Kier molecular flexibility index (Phi) is 2.38. The predicted molar refractivity (Wildman–Crippen MR) is 70.6 cm³/mol. The molecule has 0 amide bonds. The summed E-state index contributed by atoms with van der Waals surface area (Å²) in [6.07, 6.45) is 0. The number of hydrazine groups is 1. The van der Waals surface area contributed by atoms with Gasteiger partial charge >= 0.3 is 0 Å². The number of aromatic hydroxyl groups is 1. The second-order valence-electron chi connectivity index (χ2n) is 4.38. The molecule has 1 unspecified atom stereocenters. The molecule has 0 fully saturated rings. The van der Waals surface area contributed by atoms with Gasteiger partial charge in [-0.1, -0.05) is 24.3 Å². The van der Waals surface area contributed by atoms with Crippen molar-refractivity contribution in [1.82, 2.24) is 0 Å². The molecular formula is C13H13ClN2O. The predicted octanol–water partition coefficient (Wildman–Crippen LogP) is 2.56. The fraction of sp³-hybridized carbons (Fsp3) is 0.231. The molecule has 1 aliphatic heterocycles. The molecule has 88 valence electrons. The van der Waals surface area contributed by atoms with E-state index in [1.165, 1.54) is 0 Å². The van der Waals surface area contributed by atoms with Gasteiger partial charge in [-0.25, -0.2) is 5.84 Å². The van der Waals surface area contributed by atoms with Crippen molar-refractivity contribution in [3.63, 3.8) is 0 Å². The second-order valence-corrected chi connectivity index (χ2v) is 4.69. The number of halogens is 1. The quantitative estimate of drug-likeness (QED) is 0.602. The molecule has 2 aromatic rings. The monoisotopic (exact) mass is 248 g/mol. The SMILES string of the molecule is NN1CC(CCl)c2c1cc(O)c1ccccc21. The van der Waals surface area contributed by atoms with Gasteiger partial charge in [0.05, 0.1) is 5.69 Å². The normalized spacial score (nSPS) is 18.7. The first-order valence-corrected chi connectivity index (χ1v) is 6.08. The Morgan fingerprint density at radius 2 is 2.06 bits per heavy atom. The zero-order valence-corrected chi connectivity index (χ0v) is 9.98. The largest absolute Gasteiger partial charge is 0.507 e. The number of phenols is 1. The number of phenolic OH excluding ortho intramolecular Hbond substituents is 1. The van der Waals surface area contributed by atoms with E-state index in [4.69, 9.17) is 17.4 Å². The number of nitrogens with two attached hydrogens (primary N) is 1. The summed E-state index contributed by atoms with van der Waals surface area (Å²) >= 11 is 6.00. The fourth-order valence-corrected chi connectivity index (χ4v) is 2.84. The molecule has 4 heteroatoms. The van der Waals surface area contributed by atoms with Crippen molar-refractivity contribution in [1.29, 1.82) is 0 Å². The average Bonchev–Trinajstić information content (AvgIpc) is 2.67. The number of fused-ring (bicyclic) bond motifs is 3. The average molecular weight is 249 g/mol. The van der Waals surface area contributed by atoms with Gasteiger partial charge in [-0.3, -0.25) is 0 Å². The van der Waals surface area contributed by atoms with Crippen LogP contribution in [0.3, 0.4) is 0 Å². The Hall–Kier alpha value is -1.45. The molecule has 0 spiro atoms. The summed E-state index contributed by atoms with van der Waals surface area (Å²) in [5, 5.41) is 13.6. The summed E-state index contributed by atoms with van der Waals surface area (Å²) in [7, 11) is 0. The van der Waals surface area contributed by atoms with Gasteiger partial charge in [0.25, 0.3) is 0 Å². The molecule has 1 aliphatic rings. The van der Waals surface area contributed by atoms with Crippen LogP contribution >= 0.6 is 11.6 Å². The van der Waals surface area contributed by atoms with Gasteiger partial charge in [0.2, 0.25) is 0 Å². The topological polar surface area (TPSA) is 49.5 Å². The van der Waals surface area contributed by atoms with Gasteiger partial charge in [-0.2, -0.15) is 0 Å². The first-order valence-electron chi connectivity index (χ1n) is 5.55. The molecule has 1 heterocycles. The summed E-state index contributed by atoms with van der Waals surface area (Å²) in [6, 6.07) is 9.53. The molecule has 3 N–H and O–H groups in total. The van der Waals surface area contributed by atoms with E-state index < -0.39 is 0 Å². The number of hydrogen-bond donors (Lipinski definition) is 2. The molecular weight excluding hydrogens is 236 g/mol. The molecule has 0 saturated carbocycles. The minimum Gasteiger partial charge on any atom is -0.507 e. The van der Waals surface area contributed by atoms with Crippen molar-refractivity contribution in [2.75, 3.05) is 17.4 Å². The molecule has 3 nitrogen and oxygen atoms in total. The Morgan fingerprint density at radius 1 is 1.35 bits per heavy atom. The van der Waals surface area contributed by atoms with Gasteiger partial charge in [-0.15, -0.1) is 11.6 Å². The van der Waals surface area contributed by atoms with Gasteiger partial charge in [0.15, 0.2) is 0 Å². The summed E-state index contributed by atoms with van der Waals surface area (Å²) in [5.74, 6) is 6.97. The van der Waals surface area contributed by atoms with Crippen LogP contribution < -0.4 is 10.9 Å². The van der Waals surface area contributed by atoms with Gasteiger partial charge < -0.3 is 10.1 Å².